The Kier molecular flexibility index (Phi) is 10.8. The van der Waals surface area contributed by atoms with Gasteiger partial charge in [-0.15, -0.1) is 13.2 Å². The standard InChI is InChI=1S/C9H7F3O2.C2H6O.C2H6/c1-6-2-3-7(5-13)4-8(6)14-9(10,11)12;1-3-2;1-2/h2-5H,1H3;1-2H3;1-2H3. The molecule has 0 radical (unpaired) electrons. The molecule has 6 heteroatoms. The second-order valence-corrected chi connectivity index (χ2v) is 3.10. The largest absolute Gasteiger partial charge is 0.573 e. The molecule has 0 atom stereocenters. The summed E-state index contributed by atoms with van der Waals surface area (Å²) in [6.07, 6.45) is -4.27. The molecule has 0 N–H and O–H groups in total. The lowest BCUT2D eigenvalue weighted by Crippen LogP contribution is -2.17. The van der Waals surface area contributed by atoms with Gasteiger partial charge in [-0.1, -0.05) is 26.0 Å². The predicted octanol–water partition coefficient (Wildman–Crippen LogP) is 3.99. The summed E-state index contributed by atoms with van der Waals surface area (Å²) in [5, 5.41) is 0. The Morgan fingerprint density at radius 3 is 2.00 bits per heavy atom. The van der Waals surface area contributed by atoms with Crippen molar-refractivity contribution in [2.24, 2.45) is 0 Å². The van der Waals surface area contributed by atoms with E-state index in [4.69, 9.17) is 0 Å². The number of carbonyl (C=O) groups is 1. The number of hydrogen-bond acceptors (Lipinski definition) is 3. The normalized spacial score (nSPS) is 9.47. The van der Waals surface area contributed by atoms with E-state index in [9.17, 15) is 18.0 Å². The lowest BCUT2D eigenvalue weighted by Gasteiger charge is -2.11. The van der Waals surface area contributed by atoms with Gasteiger partial charge in [0.25, 0.3) is 0 Å². The molecule has 1 rings (SSSR count). The van der Waals surface area contributed by atoms with E-state index in [-0.39, 0.29) is 11.3 Å². The summed E-state index contributed by atoms with van der Waals surface area (Å²) in [6.45, 7) is 5.47. The molecular formula is C13H19F3O3. The predicted molar refractivity (Wildman–Crippen MR) is 67.5 cm³/mol. The molecule has 110 valence electrons. The second kappa shape index (κ2) is 10.4. The van der Waals surface area contributed by atoms with E-state index in [1.165, 1.54) is 19.1 Å². The van der Waals surface area contributed by atoms with Gasteiger partial charge in [0.05, 0.1) is 0 Å². The quantitative estimate of drug-likeness (QED) is 0.768. The van der Waals surface area contributed by atoms with Gasteiger partial charge in [0, 0.05) is 19.8 Å². The molecule has 0 unspecified atom stereocenters. The van der Waals surface area contributed by atoms with Gasteiger partial charge in [-0.2, -0.15) is 0 Å². The molecule has 0 bridgehead atoms. The molecule has 0 fully saturated rings. The van der Waals surface area contributed by atoms with Crippen molar-refractivity contribution in [3.05, 3.63) is 29.3 Å². The number of halogens is 3. The van der Waals surface area contributed by atoms with E-state index < -0.39 is 6.36 Å². The van der Waals surface area contributed by atoms with Crippen LogP contribution in [-0.2, 0) is 4.74 Å². The maximum absolute atomic E-state index is 11.8. The van der Waals surface area contributed by atoms with Gasteiger partial charge >= 0.3 is 6.36 Å². The monoisotopic (exact) mass is 280 g/mol. The van der Waals surface area contributed by atoms with Gasteiger partial charge in [0.1, 0.15) is 12.0 Å². The van der Waals surface area contributed by atoms with E-state index >= 15 is 0 Å². The lowest BCUT2D eigenvalue weighted by molar-refractivity contribution is -0.274. The third-order valence-corrected chi connectivity index (χ3v) is 1.57. The minimum atomic E-state index is -4.73. The van der Waals surface area contributed by atoms with Gasteiger partial charge in [-0.05, 0) is 18.6 Å². The highest BCUT2D eigenvalue weighted by atomic mass is 19.4. The first-order valence-corrected chi connectivity index (χ1v) is 5.55. The molecule has 0 spiro atoms. The fourth-order valence-electron chi connectivity index (χ4n) is 0.925. The van der Waals surface area contributed by atoms with Crippen molar-refractivity contribution in [2.45, 2.75) is 27.1 Å². The van der Waals surface area contributed by atoms with Crippen molar-refractivity contribution in [3.8, 4) is 5.75 Å². The van der Waals surface area contributed by atoms with E-state index in [0.29, 0.717) is 11.8 Å². The Balaban J connectivity index is 0. The molecule has 0 aromatic heterocycles. The second-order valence-electron chi connectivity index (χ2n) is 3.10. The number of hydrogen-bond donors (Lipinski definition) is 0. The third kappa shape index (κ3) is 10.1. The molecule has 1 aromatic rings. The molecule has 0 aliphatic rings. The number of carbonyl (C=O) groups excluding carboxylic acids is 1. The van der Waals surface area contributed by atoms with Crippen LogP contribution in [0, 0.1) is 6.92 Å². The highest BCUT2D eigenvalue weighted by molar-refractivity contribution is 5.75. The van der Waals surface area contributed by atoms with E-state index in [2.05, 4.69) is 9.47 Å². The van der Waals surface area contributed by atoms with Crippen molar-refractivity contribution in [2.75, 3.05) is 14.2 Å². The summed E-state index contributed by atoms with van der Waals surface area (Å²) in [5.41, 5.74) is 0.475. The van der Waals surface area contributed by atoms with Gasteiger partial charge in [0.15, 0.2) is 0 Å². The first-order chi connectivity index (χ1) is 8.84. The average molecular weight is 280 g/mol. The first-order valence-electron chi connectivity index (χ1n) is 5.55. The first kappa shape index (κ1) is 19.8. The Morgan fingerprint density at radius 1 is 1.16 bits per heavy atom. The zero-order valence-electron chi connectivity index (χ0n) is 11.7. The minimum absolute atomic E-state index is 0.148. The number of benzene rings is 1. The van der Waals surface area contributed by atoms with Gasteiger partial charge in [-0.3, -0.25) is 4.79 Å². The Bertz CT molecular complexity index is 363. The SMILES string of the molecule is CC.COC.Cc1ccc(C=O)cc1OC(F)(F)F. The van der Waals surface area contributed by atoms with Crippen molar-refractivity contribution in [1.82, 2.24) is 0 Å². The number of alkyl halides is 3. The number of methoxy groups -OCH3 is 1. The third-order valence-electron chi connectivity index (χ3n) is 1.57. The number of rotatable bonds is 2. The summed E-state index contributed by atoms with van der Waals surface area (Å²) in [5.74, 6) is -0.345. The molecule has 0 aliphatic heterocycles. The van der Waals surface area contributed by atoms with Gasteiger partial charge < -0.3 is 9.47 Å². The fourth-order valence-corrected chi connectivity index (χ4v) is 0.925. The van der Waals surface area contributed by atoms with E-state index in [1.807, 2.05) is 13.8 Å². The van der Waals surface area contributed by atoms with Crippen LogP contribution in [0.25, 0.3) is 0 Å². The summed E-state index contributed by atoms with van der Waals surface area (Å²) in [4.78, 5) is 10.3. The molecular weight excluding hydrogens is 261 g/mol. The van der Waals surface area contributed by atoms with Gasteiger partial charge in [0.2, 0.25) is 0 Å². The molecule has 0 heterocycles. The minimum Gasteiger partial charge on any atom is -0.405 e. The maximum atomic E-state index is 11.8. The Hall–Kier alpha value is -1.56. The van der Waals surface area contributed by atoms with Crippen LogP contribution in [0.1, 0.15) is 29.8 Å². The highest BCUT2D eigenvalue weighted by Gasteiger charge is 2.31. The van der Waals surface area contributed by atoms with Crippen LogP contribution in [0.4, 0.5) is 13.2 Å². The van der Waals surface area contributed by atoms with E-state index in [0.717, 1.165) is 6.07 Å². The Morgan fingerprint density at radius 2 is 1.63 bits per heavy atom. The number of aryl methyl sites for hydroxylation is 1. The Labute approximate surface area is 111 Å². The molecule has 1 aromatic carbocycles. The molecule has 0 aliphatic carbocycles. The molecule has 19 heavy (non-hydrogen) atoms. The van der Waals surface area contributed by atoms with Crippen LogP contribution in [0.2, 0.25) is 0 Å². The number of aldehydes is 1. The maximum Gasteiger partial charge on any atom is 0.573 e. The van der Waals surface area contributed by atoms with Crippen molar-refractivity contribution >= 4 is 6.29 Å². The lowest BCUT2D eigenvalue weighted by atomic mass is 10.1. The molecule has 0 saturated heterocycles. The smallest absolute Gasteiger partial charge is 0.405 e. The zero-order chi connectivity index (χ0) is 15.5. The van der Waals surface area contributed by atoms with Gasteiger partial charge in [-0.25, -0.2) is 0 Å². The van der Waals surface area contributed by atoms with Crippen LogP contribution in [0.15, 0.2) is 18.2 Å². The van der Waals surface area contributed by atoms with Crippen molar-refractivity contribution in [1.29, 1.82) is 0 Å². The summed E-state index contributed by atoms with van der Waals surface area (Å²) in [6, 6.07) is 3.87. The summed E-state index contributed by atoms with van der Waals surface area (Å²) < 4.78 is 43.5. The fraction of sp³-hybridized carbons (Fsp3) is 0.462. The number of ether oxygens (including phenoxy) is 2. The van der Waals surface area contributed by atoms with Crippen LogP contribution in [0.3, 0.4) is 0 Å². The zero-order valence-corrected chi connectivity index (χ0v) is 11.7. The molecule has 3 nitrogen and oxygen atoms in total. The summed E-state index contributed by atoms with van der Waals surface area (Å²) in [7, 11) is 3.25. The molecule has 0 saturated carbocycles. The molecule has 0 amide bonds. The van der Waals surface area contributed by atoms with E-state index in [1.54, 1.807) is 14.2 Å². The topological polar surface area (TPSA) is 35.5 Å². The van der Waals surface area contributed by atoms with Crippen LogP contribution >= 0.6 is 0 Å². The van der Waals surface area contributed by atoms with Crippen molar-refractivity contribution < 1.29 is 27.4 Å². The summed E-state index contributed by atoms with van der Waals surface area (Å²) >= 11 is 0. The van der Waals surface area contributed by atoms with Crippen LogP contribution in [0.5, 0.6) is 5.75 Å². The highest BCUT2D eigenvalue weighted by Crippen LogP contribution is 2.26. The van der Waals surface area contributed by atoms with Crippen LogP contribution in [-0.4, -0.2) is 26.9 Å². The average Bonchev–Trinajstić information content (AvgIpc) is 2.34. The van der Waals surface area contributed by atoms with Crippen LogP contribution < -0.4 is 4.74 Å². The van der Waals surface area contributed by atoms with Crippen molar-refractivity contribution in [3.63, 3.8) is 0 Å².